The van der Waals surface area contributed by atoms with Gasteiger partial charge in [0.15, 0.2) is 23.9 Å². The number of ketones is 1. The lowest BCUT2D eigenvalue weighted by Crippen LogP contribution is -2.46. The second-order valence-corrected chi connectivity index (χ2v) is 9.64. The molecule has 0 saturated carbocycles. The van der Waals surface area contributed by atoms with Crippen LogP contribution in [0.4, 0.5) is 0 Å². The summed E-state index contributed by atoms with van der Waals surface area (Å²) in [5.41, 5.74) is -0.654. The van der Waals surface area contributed by atoms with Crippen LogP contribution in [0.2, 0.25) is 0 Å². The number of Topliss-reactive ketones (excluding diaryl/α,β-unsaturated/α-hetero) is 1. The Kier molecular flexibility index (Phi) is 6.71. The van der Waals surface area contributed by atoms with E-state index in [1.54, 1.807) is 34.6 Å². The number of hydrogen-bond acceptors (Lipinski definition) is 7. The largest absolute Gasteiger partial charge is 0.486 e. The van der Waals surface area contributed by atoms with Crippen LogP contribution in [0.1, 0.15) is 34.6 Å². The Bertz CT molecular complexity index is 840. The molecular formula is C19H27NO7S. The highest BCUT2D eigenvalue weighted by Crippen LogP contribution is 2.32. The Morgan fingerprint density at radius 1 is 1.14 bits per heavy atom. The predicted molar refractivity (Wildman–Crippen MR) is 102 cm³/mol. The molecular weight excluding hydrogens is 386 g/mol. The van der Waals surface area contributed by atoms with Gasteiger partial charge in [-0.05, 0) is 18.1 Å². The summed E-state index contributed by atoms with van der Waals surface area (Å²) in [5.74, 6) is -0.643. The number of fused-ring (bicyclic) bond motifs is 1. The van der Waals surface area contributed by atoms with E-state index in [2.05, 4.69) is 4.72 Å². The molecule has 0 fully saturated rings. The molecule has 0 bridgehead atoms. The molecule has 0 amide bonds. The third-order valence-electron chi connectivity index (χ3n) is 4.21. The Balaban J connectivity index is 2.14. The number of ether oxygens (including phenoxy) is 3. The van der Waals surface area contributed by atoms with Gasteiger partial charge in [-0.1, -0.05) is 34.6 Å². The van der Waals surface area contributed by atoms with Gasteiger partial charge in [-0.2, -0.15) is 4.72 Å². The van der Waals surface area contributed by atoms with Gasteiger partial charge in [0.2, 0.25) is 10.0 Å². The van der Waals surface area contributed by atoms with E-state index in [0.29, 0.717) is 24.7 Å². The van der Waals surface area contributed by atoms with Crippen molar-refractivity contribution in [3.63, 3.8) is 0 Å². The quantitative estimate of drug-likeness (QED) is 0.680. The summed E-state index contributed by atoms with van der Waals surface area (Å²) in [6.07, 6.45) is 0. The molecule has 1 unspecified atom stereocenters. The van der Waals surface area contributed by atoms with Crippen molar-refractivity contribution in [2.75, 3.05) is 19.8 Å². The third-order valence-corrected chi connectivity index (χ3v) is 5.65. The number of esters is 1. The van der Waals surface area contributed by atoms with E-state index in [4.69, 9.17) is 14.2 Å². The zero-order valence-electron chi connectivity index (χ0n) is 16.8. The standard InChI is InChI=1S/C19H27NO7S/c1-12(2)17(18(22)27-11-16(21)19(3,4)5)20-28(23,24)13-6-7-14-15(10-13)26-9-8-25-14/h6-7,10,12,17,20H,8-9,11H2,1-5H3. The first-order valence-corrected chi connectivity index (χ1v) is 10.5. The minimum Gasteiger partial charge on any atom is -0.486 e. The molecule has 8 nitrogen and oxygen atoms in total. The maximum Gasteiger partial charge on any atom is 0.324 e. The zero-order valence-corrected chi connectivity index (χ0v) is 17.6. The molecule has 1 aliphatic rings. The Morgan fingerprint density at radius 3 is 2.32 bits per heavy atom. The fraction of sp³-hybridized carbons (Fsp3) is 0.579. The number of carbonyl (C=O) groups excluding carboxylic acids is 2. The van der Waals surface area contributed by atoms with Gasteiger partial charge in [-0.25, -0.2) is 8.42 Å². The van der Waals surface area contributed by atoms with E-state index in [-0.39, 0.29) is 16.6 Å². The number of hydrogen-bond donors (Lipinski definition) is 1. The third kappa shape index (κ3) is 5.45. The summed E-state index contributed by atoms with van der Waals surface area (Å²) in [4.78, 5) is 24.3. The molecule has 2 rings (SSSR count). The zero-order chi connectivity index (χ0) is 21.1. The van der Waals surface area contributed by atoms with Crippen molar-refractivity contribution in [3.05, 3.63) is 18.2 Å². The Labute approximate surface area is 165 Å². The lowest BCUT2D eigenvalue weighted by molar-refractivity contribution is -0.152. The van der Waals surface area contributed by atoms with Gasteiger partial charge in [0.25, 0.3) is 0 Å². The molecule has 1 aliphatic heterocycles. The molecule has 0 spiro atoms. The summed E-state index contributed by atoms with van der Waals surface area (Å²) in [6.45, 7) is 8.83. The average molecular weight is 413 g/mol. The number of rotatable bonds is 7. The number of carbonyl (C=O) groups is 2. The first-order valence-electron chi connectivity index (χ1n) is 9.04. The minimum atomic E-state index is -4.02. The van der Waals surface area contributed by atoms with E-state index in [9.17, 15) is 18.0 Å². The molecule has 0 aliphatic carbocycles. The van der Waals surface area contributed by atoms with Gasteiger partial charge in [-0.3, -0.25) is 9.59 Å². The summed E-state index contributed by atoms with van der Waals surface area (Å²) in [6, 6.07) is 3.10. The highest BCUT2D eigenvalue weighted by molar-refractivity contribution is 7.89. The van der Waals surface area contributed by atoms with Crippen LogP contribution in [0, 0.1) is 11.3 Å². The normalized spacial score (nSPS) is 15.2. The van der Waals surface area contributed by atoms with E-state index < -0.39 is 34.1 Å². The van der Waals surface area contributed by atoms with E-state index >= 15 is 0 Å². The van der Waals surface area contributed by atoms with Crippen molar-refractivity contribution >= 4 is 21.8 Å². The van der Waals surface area contributed by atoms with Gasteiger partial charge in [0.05, 0.1) is 4.90 Å². The van der Waals surface area contributed by atoms with Crippen LogP contribution in [0.5, 0.6) is 11.5 Å². The SMILES string of the molecule is CC(C)C(NS(=O)(=O)c1ccc2c(c1)OCCO2)C(=O)OCC(=O)C(C)(C)C. The molecule has 0 aromatic heterocycles. The van der Waals surface area contributed by atoms with Crippen molar-refractivity contribution in [2.45, 2.75) is 45.6 Å². The second kappa shape index (κ2) is 8.48. The topological polar surface area (TPSA) is 108 Å². The molecule has 28 heavy (non-hydrogen) atoms. The molecule has 1 aromatic rings. The van der Waals surface area contributed by atoms with Crippen LogP contribution < -0.4 is 14.2 Å². The maximum absolute atomic E-state index is 12.8. The van der Waals surface area contributed by atoms with Gasteiger partial charge < -0.3 is 14.2 Å². The molecule has 1 atom stereocenters. The fourth-order valence-electron chi connectivity index (χ4n) is 2.33. The van der Waals surface area contributed by atoms with Crippen molar-refractivity contribution in [1.29, 1.82) is 0 Å². The monoisotopic (exact) mass is 413 g/mol. The van der Waals surface area contributed by atoms with Crippen molar-refractivity contribution in [2.24, 2.45) is 11.3 Å². The first-order chi connectivity index (χ1) is 12.9. The van der Waals surface area contributed by atoms with Crippen LogP contribution in [-0.2, 0) is 24.3 Å². The minimum absolute atomic E-state index is 0.0547. The number of sulfonamides is 1. The van der Waals surface area contributed by atoms with Gasteiger partial charge in [-0.15, -0.1) is 0 Å². The van der Waals surface area contributed by atoms with E-state index in [0.717, 1.165) is 0 Å². The Morgan fingerprint density at radius 2 is 1.75 bits per heavy atom. The van der Waals surface area contributed by atoms with Crippen molar-refractivity contribution in [1.82, 2.24) is 4.72 Å². The van der Waals surface area contributed by atoms with Gasteiger partial charge in [0, 0.05) is 11.5 Å². The lowest BCUT2D eigenvalue weighted by Gasteiger charge is -2.23. The maximum atomic E-state index is 12.8. The van der Waals surface area contributed by atoms with Crippen LogP contribution in [0.15, 0.2) is 23.1 Å². The van der Waals surface area contributed by atoms with Crippen molar-refractivity contribution < 1.29 is 32.2 Å². The van der Waals surface area contributed by atoms with Crippen LogP contribution in [0.3, 0.4) is 0 Å². The van der Waals surface area contributed by atoms with E-state index in [1.165, 1.54) is 18.2 Å². The molecule has 1 aromatic carbocycles. The molecule has 1 N–H and O–H groups in total. The van der Waals surface area contributed by atoms with Gasteiger partial charge >= 0.3 is 5.97 Å². The fourth-order valence-corrected chi connectivity index (χ4v) is 3.67. The van der Waals surface area contributed by atoms with Gasteiger partial charge in [0.1, 0.15) is 19.3 Å². The summed E-state index contributed by atoms with van der Waals surface area (Å²) in [5, 5.41) is 0. The predicted octanol–water partition coefficient (Wildman–Crippen LogP) is 1.92. The summed E-state index contributed by atoms with van der Waals surface area (Å²) in [7, 11) is -4.02. The highest BCUT2D eigenvalue weighted by Gasteiger charge is 2.32. The molecule has 9 heteroatoms. The van der Waals surface area contributed by atoms with Crippen LogP contribution in [-0.4, -0.2) is 46.0 Å². The number of nitrogens with one attached hydrogen (secondary N) is 1. The second-order valence-electron chi connectivity index (χ2n) is 7.93. The summed E-state index contributed by atoms with van der Waals surface area (Å²) < 4.78 is 43.7. The molecule has 0 saturated heterocycles. The highest BCUT2D eigenvalue weighted by atomic mass is 32.2. The molecule has 156 valence electrons. The Hall–Kier alpha value is -2.13. The lowest BCUT2D eigenvalue weighted by atomic mass is 9.91. The number of benzene rings is 1. The molecule has 0 radical (unpaired) electrons. The summed E-state index contributed by atoms with van der Waals surface area (Å²) >= 11 is 0. The van der Waals surface area contributed by atoms with Crippen LogP contribution in [0.25, 0.3) is 0 Å². The smallest absolute Gasteiger partial charge is 0.324 e. The average Bonchev–Trinajstić information content (AvgIpc) is 2.62. The van der Waals surface area contributed by atoms with Crippen molar-refractivity contribution in [3.8, 4) is 11.5 Å². The van der Waals surface area contributed by atoms with E-state index in [1.807, 2.05) is 0 Å². The molecule has 1 heterocycles. The van der Waals surface area contributed by atoms with Crippen LogP contribution >= 0.6 is 0 Å². The first kappa shape index (κ1) is 22.2.